The predicted molar refractivity (Wildman–Crippen MR) is 112 cm³/mol. The van der Waals surface area contributed by atoms with Crippen LogP contribution in [0.15, 0.2) is 24.4 Å². The molecular formula is C20H28F2N6O2S. The molecule has 0 bridgehead atoms. The zero-order valence-electron chi connectivity index (χ0n) is 17.4. The summed E-state index contributed by atoms with van der Waals surface area (Å²) < 4.78 is 53.0. The van der Waals surface area contributed by atoms with Crippen LogP contribution in [0.2, 0.25) is 0 Å². The maximum absolute atomic E-state index is 14.6. The van der Waals surface area contributed by atoms with Crippen molar-refractivity contribution >= 4 is 10.0 Å². The molecule has 1 aromatic heterocycles. The van der Waals surface area contributed by atoms with Crippen molar-refractivity contribution < 1.29 is 17.2 Å². The molecule has 3 unspecified atom stereocenters. The van der Waals surface area contributed by atoms with E-state index in [1.807, 2.05) is 0 Å². The van der Waals surface area contributed by atoms with E-state index in [-0.39, 0.29) is 18.0 Å². The quantitative estimate of drug-likeness (QED) is 0.659. The first-order chi connectivity index (χ1) is 14.7. The minimum atomic E-state index is -3.42. The number of hydrogen-bond donors (Lipinski definition) is 2. The second kappa shape index (κ2) is 8.55. The number of piperidine rings is 1. The normalized spacial score (nSPS) is 25.1. The van der Waals surface area contributed by atoms with Crippen molar-refractivity contribution in [3.63, 3.8) is 0 Å². The minimum Gasteiger partial charge on any atom is -0.330 e. The molecular weight excluding hydrogens is 426 g/mol. The average Bonchev–Trinajstić information content (AvgIpc) is 3.29. The van der Waals surface area contributed by atoms with E-state index in [4.69, 9.17) is 11.5 Å². The Morgan fingerprint density at radius 3 is 2.65 bits per heavy atom. The molecule has 3 atom stereocenters. The SMILES string of the molecule is CS(=O)(=O)n1cc2c(n1)CN(C1CC(CN)C(c3cc(F)ccc3F)N(CCN)C1)C2. The molecule has 0 spiro atoms. The number of benzene rings is 1. The van der Waals surface area contributed by atoms with Crippen molar-refractivity contribution in [2.45, 2.75) is 31.6 Å². The van der Waals surface area contributed by atoms with Crippen molar-refractivity contribution in [1.29, 1.82) is 0 Å². The highest BCUT2D eigenvalue weighted by Gasteiger charge is 2.41. The standard InChI is InChI=1S/C20H28F2N6O2S/c1-31(29,30)28-10-14-9-27(12-19(14)25-28)16-6-13(8-24)20(26(11-16)5-4-23)17-7-15(21)2-3-18(17)22/h2-3,7,10,13,16,20H,4-6,8-9,11-12,23-24H2,1H3. The molecule has 0 aliphatic carbocycles. The number of nitrogens with two attached hydrogens (primary N) is 2. The van der Waals surface area contributed by atoms with E-state index in [0.29, 0.717) is 51.3 Å². The van der Waals surface area contributed by atoms with Crippen molar-refractivity contribution in [3.8, 4) is 0 Å². The van der Waals surface area contributed by atoms with Crippen LogP contribution < -0.4 is 11.5 Å². The Morgan fingerprint density at radius 1 is 1.23 bits per heavy atom. The molecule has 8 nitrogen and oxygen atoms in total. The highest BCUT2D eigenvalue weighted by molar-refractivity contribution is 7.89. The smallest absolute Gasteiger partial charge is 0.250 e. The lowest BCUT2D eigenvalue weighted by Crippen LogP contribution is -2.53. The lowest BCUT2D eigenvalue weighted by molar-refractivity contribution is 0.0200. The summed E-state index contributed by atoms with van der Waals surface area (Å²) in [5.74, 6) is -0.998. The Balaban J connectivity index is 1.57. The molecule has 0 saturated carbocycles. The molecule has 31 heavy (non-hydrogen) atoms. The molecule has 1 fully saturated rings. The summed E-state index contributed by atoms with van der Waals surface area (Å²) in [5, 5.41) is 4.22. The second-order valence-corrected chi connectivity index (χ2v) is 10.3. The summed E-state index contributed by atoms with van der Waals surface area (Å²) in [7, 11) is -3.42. The van der Waals surface area contributed by atoms with Crippen molar-refractivity contribution in [2.24, 2.45) is 17.4 Å². The number of likely N-dealkylation sites (tertiary alicyclic amines) is 1. The molecule has 0 amide bonds. The fourth-order valence-electron chi connectivity index (χ4n) is 4.89. The molecule has 1 aromatic carbocycles. The molecule has 0 radical (unpaired) electrons. The minimum absolute atomic E-state index is 0.0783. The average molecular weight is 455 g/mol. The number of hydrogen-bond acceptors (Lipinski definition) is 7. The third-order valence-electron chi connectivity index (χ3n) is 6.29. The van der Waals surface area contributed by atoms with Crippen LogP contribution in [0, 0.1) is 17.6 Å². The molecule has 2 aliphatic rings. The van der Waals surface area contributed by atoms with Gasteiger partial charge < -0.3 is 11.5 Å². The van der Waals surface area contributed by atoms with Gasteiger partial charge in [0.15, 0.2) is 0 Å². The Morgan fingerprint density at radius 2 is 2.00 bits per heavy atom. The molecule has 2 aromatic rings. The molecule has 4 rings (SSSR count). The molecule has 170 valence electrons. The van der Waals surface area contributed by atoms with Gasteiger partial charge in [0, 0.05) is 62.1 Å². The lowest BCUT2D eigenvalue weighted by Gasteiger charge is -2.47. The van der Waals surface area contributed by atoms with Gasteiger partial charge in [-0.1, -0.05) is 0 Å². The Hall–Kier alpha value is -1.92. The number of nitrogens with zero attached hydrogens (tertiary/aromatic N) is 4. The first-order valence-electron chi connectivity index (χ1n) is 10.3. The van der Waals surface area contributed by atoms with Gasteiger partial charge >= 0.3 is 0 Å². The van der Waals surface area contributed by atoms with Crippen LogP contribution in [0.4, 0.5) is 8.78 Å². The third-order valence-corrected chi connectivity index (χ3v) is 7.16. The highest BCUT2D eigenvalue weighted by atomic mass is 32.2. The van der Waals surface area contributed by atoms with E-state index in [9.17, 15) is 17.2 Å². The van der Waals surface area contributed by atoms with E-state index in [2.05, 4.69) is 14.9 Å². The summed E-state index contributed by atoms with van der Waals surface area (Å²) in [5.41, 5.74) is 13.9. The monoisotopic (exact) mass is 454 g/mol. The van der Waals surface area contributed by atoms with Crippen LogP contribution >= 0.6 is 0 Å². The van der Waals surface area contributed by atoms with E-state index in [0.717, 1.165) is 33.7 Å². The summed E-state index contributed by atoms with van der Waals surface area (Å²) in [4.78, 5) is 4.34. The Kier molecular flexibility index (Phi) is 6.14. The largest absolute Gasteiger partial charge is 0.330 e. The molecule has 3 heterocycles. The van der Waals surface area contributed by atoms with Crippen LogP contribution in [-0.4, -0.2) is 65.9 Å². The van der Waals surface area contributed by atoms with Gasteiger partial charge in [0.2, 0.25) is 0 Å². The summed E-state index contributed by atoms with van der Waals surface area (Å²) in [6.07, 6.45) is 3.40. The molecule has 4 N–H and O–H groups in total. The van der Waals surface area contributed by atoms with Crippen LogP contribution in [-0.2, 0) is 23.1 Å². The zero-order chi connectivity index (χ0) is 22.3. The summed E-state index contributed by atoms with van der Waals surface area (Å²) in [6, 6.07) is 3.30. The zero-order valence-corrected chi connectivity index (χ0v) is 18.2. The maximum atomic E-state index is 14.6. The Bertz CT molecular complexity index is 1040. The second-order valence-electron chi connectivity index (χ2n) is 8.42. The van der Waals surface area contributed by atoms with Crippen molar-refractivity contribution in [1.82, 2.24) is 19.0 Å². The van der Waals surface area contributed by atoms with Crippen molar-refractivity contribution in [3.05, 3.63) is 52.9 Å². The maximum Gasteiger partial charge on any atom is 0.250 e. The van der Waals surface area contributed by atoms with Crippen molar-refractivity contribution in [2.75, 3.05) is 32.4 Å². The predicted octanol–water partition coefficient (Wildman–Crippen LogP) is 0.634. The topological polar surface area (TPSA) is 110 Å². The number of aromatic nitrogens is 2. The van der Waals surface area contributed by atoms with Gasteiger partial charge in [-0.25, -0.2) is 17.2 Å². The molecule has 2 aliphatic heterocycles. The summed E-state index contributed by atoms with van der Waals surface area (Å²) >= 11 is 0. The van der Waals surface area contributed by atoms with Crippen LogP contribution in [0.3, 0.4) is 0 Å². The van der Waals surface area contributed by atoms with Crippen LogP contribution in [0.5, 0.6) is 0 Å². The summed E-state index contributed by atoms with van der Waals surface area (Å²) in [6.45, 7) is 3.01. The highest BCUT2D eigenvalue weighted by Crippen LogP contribution is 2.39. The van der Waals surface area contributed by atoms with E-state index >= 15 is 0 Å². The number of fused-ring (bicyclic) bond motifs is 1. The number of halogens is 2. The van der Waals surface area contributed by atoms with Gasteiger partial charge in [-0.05, 0) is 37.1 Å². The first kappa shape index (κ1) is 22.3. The van der Waals surface area contributed by atoms with Crippen LogP contribution in [0.25, 0.3) is 0 Å². The fourth-order valence-corrected chi connectivity index (χ4v) is 5.46. The van der Waals surface area contributed by atoms with E-state index in [1.165, 1.54) is 6.07 Å². The van der Waals surface area contributed by atoms with Gasteiger partial charge in [-0.2, -0.15) is 9.19 Å². The van der Waals surface area contributed by atoms with Crippen LogP contribution in [0.1, 0.15) is 29.3 Å². The fraction of sp³-hybridized carbons (Fsp3) is 0.550. The van der Waals surface area contributed by atoms with Gasteiger partial charge in [-0.15, -0.1) is 0 Å². The first-order valence-corrected chi connectivity index (χ1v) is 12.2. The van der Waals surface area contributed by atoms with E-state index < -0.39 is 21.7 Å². The van der Waals surface area contributed by atoms with Gasteiger partial charge in [0.25, 0.3) is 10.0 Å². The van der Waals surface area contributed by atoms with E-state index in [1.54, 1.807) is 6.20 Å². The Labute approximate surface area is 180 Å². The molecule has 1 saturated heterocycles. The number of rotatable bonds is 6. The van der Waals surface area contributed by atoms with Gasteiger partial charge in [-0.3, -0.25) is 9.80 Å². The lowest BCUT2D eigenvalue weighted by atomic mass is 9.82. The third kappa shape index (κ3) is 4.37. The van der Waals surface area contributed by atoms with Gasteiger partial charge in [0.1, 0.15) is 11.6 Å². The van der Waals surface area contributed by atoms with Gasteiger partial charge in [0.05, 0.1) is 11.9 Å². The molecule has 11 heteroatoms.